The van der Waals surface area contributed by atoms with Gasteiger partial charge in [-0.3, -0.25) is 0 Å². The molecular weight excluding hydrogens is 258 g/mol. The van der Waals surface area contributed by atoms with Crippen LogP contribution in [0.4, 0.5) is 0 Å². The Kier molecular flexibility index (Phi) is 5.40. The Morgan fingerprint density at radius 2 is 1.57 bits per heavy atom. The third kappa shape index (κ3) is 3.64. The zero-order valence-corrected chi connectivity index (χ0v) is 13.4. The molecule has 0 aliphatic carbocycles. The SMILES string of the molecule is CCOc1ccccc1C(NC)c1ccc(C(C)C)cc1. The molecule has 2 nitrogen and oxygen atoms in total. The molecular formula is C19H25NO. The fourth-order valence-corrected chi connectivity index (χ4v) is 2.58. The third-order valence-electron chi connectivity index (χ3n) is 3.75. The molecule has 1 unspecified atom stereocenters. The van der Waals surface area contributed by atoms with E-state index < -0.39 is 0 Å². The first-order valence-electron chi connectivity index (χ1n) is 7.66. The van der Waals surface area contributed by atoms with E-state index in [4.69, 9.17) is 4.74 Å². The molecule has 0 saturated heterocycles. The van der Waals surface area contributed by atoms with Crippen molar-refractivity contribution in [2.45, 2.75) is 32.7 Å². The number of nitrogens with one attached hydrogen (secondary N) is 1. The van der Waals surface area contributed by atoms with Gasteiger partial charge in [-0.15, -0.1) is 0 Å². The van der Waals surface area contributed by atoms with Crippen molar-refractivity contribution >= 4 is 0 Å². The van der Waals surface area contributed by atoms with E-state index in [-0.39, 0.29) is 6.04 Å². The lowest BCUT2D eigenvalue weighted by atomic mass is 9.95. The Morgan fingerprint density at radius 1 is 0.952 bits per heavy atom. The van der Waals surface area contributed by atoms with Gasteiger partial charge >= 0.3 is 0 Å². The van der Waals surface area contributed by atoms with Crippen molar-refractivity contribution in [3.63, 3.8) is 0 Å². The van der Waals surface area contributed by atoms with Gasteiger partial charge in [-0.25, -0.2) is 0 Å². The van der Waals surface area contributed by atoms with E-state index in [1.54, 1.807) is 0 Å². The highest BCUT2D eigenvalue weighted by atomic mass is 16.5. The van der Waals surface area contributed by atoms with Crippen molar-refractivity contribution in [2.75, 3.05) is 13.7 Å². The van der Waals surface area contributed by atoms with E-state index in [1.165, 1.54) is 16.7 Å². The maximum Gasteiger partial charge on any atom is 0.124 e. The maximum atomic E-state index is 5.76. The van der Waals surface area contributed by atoms with Gasteiger partial charge in [-0.05, 0) is 37.1 Å². The van der Waals surface area contributed by atoms with E-state index in [0.29, 0.717) is 12.5 Å². The molecule has 0 amide bonds. The van der Waals surface area contributed by atoms with Crippen molar-refractivity contribution in [1.29, 1.82) is 0 Å². The van der Waals surface area contributed by atoms with Gasteiger partial charge in [0.05, 0.1) is 12.6 Å². The minimum atomic E-state index is 0.147. The monoisotopic (exact) mass is 283 g/mol. The summed E-state index contributed by atoms with van der Waals surface area (Å²) < 4.78 is 5.76. The molecule has 1 N–H and O–H groups in total. The summed E-state index contributed by atoms with van der Waals surface area (Å²) in [5, 5.41) is 3.40. The summed E-state index contributed by atoms with van der Waals surface area (Å²) in [5.41, 5.74) is 3.81. The van der Waals surface area contributed by atoms with Gasteiger partial charge in [-0.1, -0.05) is 56.3 Å². The molecule has 2 aromatic carbocycles. The first kappa shape index (κ1) is 15.6. The quantitative estimate of drug-likeness (QED) is 0.841. The van der Waals surface area contributed by atoms with Gasteiger partial charge in [0, 0.05) is 5.56 Å². The number of rotatable bonds is 6. The molecule has 2 heteroatoms. The lowest BCUT2D eigenvalue weighted by molar-refractivity contribution is 0.334. The first-order chi connectivity index (χ1) is 10.2. The van der Waals surface area contributed by atoms with Crippen LogP contribution in [0.1, 0.15) is 49.4 Å². The van der Waals surface area contributed by atoms with Crippen LogP contribution in [0.25, 0.3) is 0 Å². The number of ether oxygens (including phenoxy) is 1. The molecule has 0 aliphatic heterocycles. The van der Waals surface area contributed by atoms with E-state index in [2.05, 4.69) is 55.6 Å². The molecule has 0 aliphatic rings. The molecule has 0 radical (unpaired) electrons. The van der Waals surface area contributed by atoms with Crippen LogP contribution in [-0.2, 0) is 0 Å². The molecule has 21 heavy (non-hydrogen) atoms. The van der Waals surface area contributed by atoms with E-state index in [1.807, 2.05) is 26.1 Å². The first-order valence-corrected chi connectivity index (χ1v) is 7.66. The fraction of sp³-hybridized carbons (Fsp3) is 0.368. The maximum absolute atomic E-state index is 5.76. The molecule has 0 fully saturated rings. The second-order valence-corrected chi connectivity index (χ2v) is 5.51. The van der Waals surface area contributed by atoms with Crippen molar-refractivity contribution < 1.29 is 4.74 Å². The highest BCUT2D eigenvalue weighted by molar-refractivity contribution is 5.42. The topological polar surface area (TPSA) is 21.3 Å². The van der Waals surface area contributed by atoms with Crippen molar-refractivity contribution in [3.05, 3.63) is 65.2 Å². The lowest BCUT2D eigenvalue weighted by Crippen LogP contribution is -2.18. The normalized spacial score (nSPS) is 12.4. The minimum absolute atomic E-state index is 0.147. The number of hydrogen-bond acceptors (Lipinski definition) is 2. The van der Waals surface area contributed by atoms with Crippen LogP contribution in [0.2, 0.25) is 0 Å². The predicted octanol–water partition coefficient (Wildman–Crippen LogP) is 4.52. The molecule has 0 spiro atoms. The smallest absolute Gasteiger partial charge is 0.124 e. The van der Waals surface area contributed by atoms with Crippen molar-refractivity contribution in [2.24, 2.45) is 0 Å². The van der Waals surface area contributed by atoms with E-state index in [9.17, 15) is 0 Å². The van der Waals surface area contributed by atoms with Crippen LogP contribution in [0.5, 0.6) is 5.75 Å². The van der Waals surface area contributed by atoms with Gasteiger partial charge in [0.1, 0.15) is 5.75 Å². The Balaban J connectivity index is 2.35. The standard InChI is InChI=1S/C19H25NO/c1-5-21-18-9-7-6-8-17(18)19(20-4)16-12-10-15(11-13-16)14(2)3/h6-14,19-20H,5H2,1-4H3. The summed E-state index contributed by atoms with van der Waals surface area (Å²) in [5.74, 6) is 1.51. The minimum Gasteiger partial charge on any atom is -0.494 e. The fourth-order valence-electron chi connectivity index (χ4n) is 2.58. The van der Waals surface area contributed by atoms with Gasteiger partial charge in [0.25, 0.3) is 0 Å². The van der Waals surface area contributed by atoms with E-state index in [0.717, 1.165) is 5.75 Å². The second-order valence-electron chi connectivity index (χ2n) is 5.51. The van der Waals surface area contributed by atoms with Crippen LogP contribution in [0, 0.1) is 0 Å². The lowest BCUT2D eigenvalue weighted by Gasteiger charge is -2.21. The summed E-state index contributed by atoms with van der Waals surface area (Å²) in [6.45, 7) is 7.13. The molecule has 1 atom stereocenters. The molecule has 2 rings (SSSR count). The van der Waals surface area contributed by atoms with Gasteiger partial charge in [-0.2, -0.15) is 0 Å². The van der Waals surface area contributed by atoms with Crippen LogP contribution in [-0.4, -0.2) is 13.7 Å². The molecule has 0 bridgehead atoms. The summed E-state index contributed by atoms with van der Waals surface area (Å²) in [6, 6.07) is 17.2. The number of benzene rings is 2. The zero-order chi connectivity index (χ0) is 15.2. The Bertz CT molecular complexity index is 560. The van der Waals surface area contributed by atoms with Gasteiger partial charge in [0.15, 0.2) is 0 Å². The molecule has 0 aromatic heterocycles. The summed E-state index contributed by atoms with van der Waals surface area (Å²) in [7, 11) is 1.99. The summed E-state index contributed by atoms with van der Waals surface area (Å²) in [4.78, 5) is 0. The number of hydrogen-bond donors (Lipinski definition) is 1. The largest absolute Gasteiger partial charge is 0.494 e. The van der Waals surface area contributed by atoms with Gasteiger partial charge < -0.3 is 10.1 Å². The Morgan fingerprint density at radius 3 is 2.14 bits per heavy atom. The van der Waals surface area contributed by atoms with Crippen LogP contribution in [0.3, 0.4) is 0 Å². The van der Waals surface area contributed by atoms with E-state index >= 15 is 0 Å². The molecule has 0 heterocycles. The second kappa shape index (κ2) is 7.28. The van der Waals surface area contributed by atoms with Crippen LogP contribution < -0.4 is 10.1 Å². The van der Waals surface area contributed by atoms with Crippen molar-refractivity contribution in [1.82, 2.24) is 5.32 Å². The molecule has 112 valence electrons. The molecule has 2 aromatic rings. The third-order valence-corrected chi connectivity index (χ3v) is 3.75. The Hall–Kier alpha value is -1.80. The highest BCUT2D eigenvalue weighted by Gasteiger charge is 2.16. The summed E-state index contributed by atoms with van der Waals surface area (Å²) in [6.07, 6.45) is 0. The predicted molar refractivity (Wildman–Crippen MR) is 89.0 cm³/mol. The average molecular weight is 283 g/mol. The zero-order valence-electron chi connectivity index (χ0n) is 13.4. The van der Waals surface area contributed by atoms with Gasteiger partial charge in [0.2, 0.25) is 0 Å². The Labute approximate surface area is 128 Å². The highest BCUT2D eigenvalue weighted by Crippen LogP contribution is 2.30. The van der Waals surface area contributed by atoms with Crippen LogP contribution >= 0.6 is 0 Å². The summed E-state index contributed by atoms with van der Waals surface area (Å²) >= 11 is 0. The average Bonchev–Trinajstić information content (AvgIpc) is 2.50. The van der Waals surface area contributed by atoms with Crippen molar-refractivity contribution in [3.8, 4) is 5.75 Å². The number of para-hydroxylation sites is 1. The molecule has 0 saturated carbocycles. The van der Waals surface area contributed by atoms with Crippen LogP contribution in [0.15, 0.2) is 48.5 Å².